The molecule has 2 aromatic rings. The van der Waals surface area contributed by atoms with E-state index in [9.17, 15) is 9.59 Å². The second kappa shape index (κ2) is 11.5. The van der Waals surface area contributed by atoms with E-state index in [1.165, 1.54) is 24.4 Å². The van der Waals surface area contributed by atoms with Crippen LogP contribution in [0.5, 0.6) is 5.75 Å². The van der Waals surface area contributed by atoms with Crippen molar-refractivity contribution in [3.8, 4) is 5.75 Å². The number of nitrogens with zero attached hydrogens (tertiary/aromatic N) is 3. The van der Waals surface area contributed by atoms with E-state index < -0.39 is 12.0 Å². The van der Waals surface area contributed by atoms with Crippen LogP contribution in [0.3, 0.4) is 0 Å². The summed E-state index contributed by atoms with van der Waals surface area (Å²) in [6.07, 6.45) is 3.32. The van der Waals surface area contributed by atoms with Crippen LogP contribution in [-0.4, -0.2) is 54.2 Å². The normalized spacial score (nSPS) is 19.6. The molecule has 0 bridgehead atoms. The lowest BCUT2D eigenvalue weighted by atomic mass is 9.90. The van der Waals surface area contributed by atoms with Gasteiger partial charge in [0.2, 0.25) is 5.91 Å². The number of likely N-dealkylation sites (tertiary alicyclic amines) is 1. The van der Waals surface area contributed by atoms with E-state index in [-0.39, 0.29) is 12.3 Å². The minimum absolute atomic E-state index is 0.103. The van der Waals surface area contributed by atoms with E-state index >= 15 is 0 Å². The molecule has 1 atom stereocenters. The molecule has 0 spiro atoms. The number of methoxy groups -OCH3 is 2. The molecule has 1 saturated heterocycles. The molecule has 5 rings (SSSR count). The lowest BCUT2D eigenvalue weighted by Gasteiger charge is -2.37. The summed E-state index contributed by atoms with van der Waals surface area (Å²) in [4.78, 5) is 35.1. The molecule has 1 amide bonds. The molecule has 3 aliphatic heterocycles. The molecule has 8 heteroatoms. The molecular formula is C30H33N3O4S. The fourth-order valence-corrected chi connectivity index (χ4v) is 6.43. The average molecular weight is 532 g/mol. The lowest BCUT2D eigenvalue weighted by molar-refractivity contribution is -0.136. The Morgan fingerprint density at radius 1 is 1.05 bits per heavy atom. The summed E-state index contributed by atoms with van der Waals surface area (Å²) in [5.74, 6) is 0.963. The smallest absolute Gasteiger partial charge is 0.338 e. The number of hydrogen-bond acceptors (Lipinski definition) is 7. The molecule has 0 aromatic heterocycles. The van der Waals surface area contributed by atoms with Crippen molar-refractivity contribution in [1.29, 1.82) is 0 Å². The van der Waals surface area contributed by atoms with Gasteiger partial charge in [-0.2, -0.15) is 0 Å². The molecule has 1 unspecified atom stereocenters. The monoisotopic (exact) mass is 531 g/mol. The number of carbonyl (C=O) groups is 2. The maximum Gasteiger partial charge on any atom is 0.338 e. The number of esters is 1. The Bertz CT molecular complexity index is 1300. The number of amidine groups is 1. The maximum atomic E-state index is 13.5. The number of thioether (sulfide) groups is 1. The van der Waals surface area contributed by atoms with Gasteiger partial charge < -0.3 is 19.3 Å². The van der Waals surface area contributed by atoms with E-state index in [0.29, 0.717) is 22.9 Å². The zero-order chi connectivity index (χ0) is 26.6. The number of aliphatic imine (C=N–C) groups is 1. The van der Waals surface area contributed by atoms with Gasteiger partial charge in [0.05, 0.1) is 38.0 Å². The van der Waals surface area contributed by atoms with Gasteiger partial charge in [-0.3, -0.25) is 4.79 Å². The minimum atomic E-state index is -0.462. The van der Waals surface area contributed by atoms with Gasteiger partial charge in [0.25, 0.3) is 0 Å². The van der Waals surface area contributed by atoms with Gasteiger partial charge in [0.15, 0.2) is 5.17 Å². The molecule has 1 fully saturated rings. The quantitative estimate of drug-likeness (QED) is 0.451. The zero-order valence-electron chi connectivity index (χ0n) is 22.1. The molecular weight excluding hydrogens is 498 g/mol. The lowest BCUT2D eigenvalue weighted by Crippen LogP contribution is -2.41. The fraction of sp³-hybridized carbons (Fsp3) is 0.367. The van der Waals surface area contributed by atoms with Crippen LogP contribution in [0.4, 0.5) is 0 Å². The highest BCUT2D eigenvalue weighted by molar-refractivity contribution is 8.16. The zero-order valence-corrected chi connectivity index (χ0v) is 22.9. The molecule has 198 valence electrons. The molecule has 7 nitrogen and oxygen atoms in total. The van der Waals surface area contributed by atoms with Crippen LogP contribution in [-0.2, 0) is 20.7 Å². The van der Waals surface area contributed by atoms with Crippen molar-refractivity contribution in [2.75, 3.05) is 27.3 Å². The van der Waals surface area contributed by atoms with E-state index in [1.807, 2.05) is 52.5 Å². The Balaban J connectivity index is 1.32. The standard InChI is InChI=1S/C30H33N3O4S/c1-20-27(29(35)37-3)28(23-10-7-11-25(17-23)36-2)33-24(19-38-30(33)31-20)18-26(34)32-14-12-22(13-15-32)16-21-8-5-4-6-9-21/h4-11,17,19,22,28H,12-16,18H2,1-3H3. The fourth-order valence-electron chi connectivity index (χ4n) is 5.47. The van der Waals surface area contributed by atoms with Gasteiger partial charge in [0.1, 0.15) is 5.75 Å². The Morgan fingerprint density at radius 3 is 2.53 bits per heavy atom. The number of benzene rings is 2. The van der Waals surface area contributed by atoms with Crippen LogP contribution in [0, 0.1) is 5.92 Å². The van der Waals surface area contributed by atoms with Crippen molar-refractivity contribution in [2.45, 2.75) is 38.6 Å². The van der Waals surface area contributed by atoms with Crippen molar-refractivity contribution in [3.05, 3.63) is 88.1 Å². The minimum Gasteiger partial charge on any atom is -0.497 e. The van der Waals surface area contributed by atoms with E-state index in [4.69, 9.17) is 14.5 Å². The van der Waals surface area contributed by atoms with E-state index in [0.717, 1.165) is 48.8 Å². The topological polar surface area (TPSA) is 71.4 Å². The van der Waals surface area contributed by atoms with E-state index in [2.05, 4.69) is 24.3 Å². The summed E-state index contributed by atoms with van der Waals surface area (Å²) in [6.45, 7) is 3.36. The van der Waals surface area contributed by atoms with Gasteiger partial charge in [-0.1, -0.05) is 54.2 Å². The molecule has 38 heavy (non-hydrogen) atoms. The number of amides is 1. The van der Waals surface area contributed by atoms with Gasteiger partial charge in [-0.05, 0) is 60.8 Å². The Labute approximate surface area is 228 Å². The van der Waals surface area contributed by atoms with Gasteiger partial charge in [-0.25, -0.2) is 9.79 Å². The second-order valence-electron chi connectivity index (χ2n) is 9.85. The summed E-state index contributed by atoms with van der Waals surface area (Å²) in [7, 11) is 3.00. The SMILES string of the molecule is COC(=O)C1=C(C)N=C2SC=C(CC(=O)N3CCC(Cc4ccccc4)CC3)N2C1c1cccc(OC)c1. The summed E-state index contributed by atoms with van der Waals surface area (Å²) in [5.41, 5.74) is 4.15. The van der Waals surface area contributed by atoms with Gasteiger partial charge >= 0.3 is 5.97 Å². The average Bonchev–Trinajstić information content (AvgIpc) is 3.34. The van der Waals surface area contributed by atoms with Crippen LogP contribution >= 0.6 is 11.8 Å². The first-order valence-electron chi connectivity index (χ1n) is 13.0. The molecule has 3 aliphatic rings. The van der Waals surface area contributed by atoms with Crippen LogP contribution in [0.15, 0.2) is 82.0 Å². The largest absolute Gasteiger partial charge is 0.497 e. The highest BCUT2D eigenvalue weighted by atomic mass is 32.2. The number of rotatable bonds is 7. The molecule has 0 saturated carbocycles. The summed E-state index contributed by atoms with van der Waals surface area (Å²) in [5, 5.41) is 2.74. The number of allylic oxidation sites excluding steroid dienone is 1. The molecule has 0 N–H and O–H groups in total. The third-order valence-corrected chi connectivity index (χ3v) is 8.37. The number of piperidine rings is 1. The van der Waals surface area contributed by atoms with Crippen LogP contribution in [0.1, 0.15) is 43.4 Å². The Hall–Kier alpha value is -3.52. The number of hydrogen-bond donors (Lipinski definition) is 0. The highest BCUT2D eigenvalue weighted by Gasteiger charge is 2.41. The highest BCUT2D eigenvalue weighted by Crippen LogP contribution is 2.45. The van der Waals surface area contributed by atoms with Crippen molar-refractivity contribution in [3.63, 3.8) is 0 Å². The van der Waals surface area contributed by atoms with Crippen LogP contribution < -0.4 is 4.74 Å². The first-order valence-corrected chi connectivity index (χ1v) is 13.8. The third-order valence-electron chi connectivity index (χ3n) is 7.48. The molecule has 2 aromatic carbocycles. The van der Waals surface area contributed by atoms with Crippen molar-refractivity contribution < 1.29 is 19.1 Å². The number of carbonyl (C=O) groups excluding carboxylic acids is 2. The Morgan fingerprint density at radius 2 is 1.82 bits per heavy atom. The van der Waals surface area contributed by atoms with Crippen molar-refractivity contribution >= 4 is 28.8 Å². The molecule has 3 heterocycles. The molecule has 0 aliphatic carbocycles. The van der Waals surface area contributed by atoms with Crippen molar-refractivity contribution in [1.82, 2.24) is 9.80 Å². The third kappa shape index (κ3) is 5.36. The predicted octanol–water partition coefficient (Wildman–Crippen LogP) is 5.31. The van der Waals surface area contributed by atoms with E-state index in [1.54, 1.807) is 7.11 Å². The number of fused-ring (bicyclic) bond motifs is 1. The van der Waals surface area contributed by atoms with Crippen LogP contribution in [0.2, 0.25) is 0 Å². The summed E-state index contributed by atoms with van der Waals surface area (Å²) in [6, 6.07) is 17.8. The Kier molecular flexibility index (Phi) is 7.88. The van der Waals surface area contributed by atoms with Crippen LogP contribution in [0.25, 0.3) is 0 Å². The summed E-state index contributed by atoms with van der Waals surface area (Å²) < 4.78 is 10.6. The maximum absolute atomic E-state index is 13.5. The second-order valence-corrected chi connectivity index (χ2v) is 10.7. The van der Waals surface area contributed by atoms with Crippen molar-refractivity contribution in [2.24, 2.45) is 10.9 Å². The van der Waals surface area contributed by atoms with Gasteiger partial charge in [0, 0.05) is 18.8 Å². The first-order chi connectivity index (χ1) is 18.5. The van der Waals surface area contributed by atoms with Gasteiger partial charge in [-0.15, -0.1) is 0 Å². The summed E-state index contributed by atoms with van der Waals surface area (Å²) >= 11 is 1.48. The molecule has 0 radical (unpaired) electrons. The first kappa shape index (κ1) is 26.1. The number of ether oxygens (including phenoxy) is 2. The predicted molar refractivity (Wildman–Crippen MR) is 149 cm³/mol.